The van der Waals surface area contributed by atoms with Gasteiger partial charge in [-0.05, 0) is 55.7 Å². The topological polar surface area (TPSA) is 75.6 Å². The van der Waals surface area contributed by atoms with E-state index in [1.807, 2.05) is 0 Å². The molecule has 2 N–H and O–H groups in total. The lowest BCUT2D eigenvalue weighted by atomic mass is 10.0. The van der Waals surface area contributed by atoms with Gasteiger partial charge in [-0.1, -0.05) is 30.5 Å². The van der Waals surface area contributed by atoms with E-state index in [-0.39, 0.29) is 17.4 Å². The van der Waals surface area contributed by atoms with E-state index in [1.165, 1.54) is 25.1 Å². The molecule has 28 heavy (non-hydrogen) atoms. The predicted octanol–water partition coefficient (Wildman–Crippen LogP) is 4.67. The summed E-state index contributed by atoms with van der Waals surface area (Å²) in [4.78, 5) is 23.4. The number of hydrogen-bond acceptors (Lipinski definition) is 3. The van der Waals surface area contributed by atoms with Crippen LogP contribution in [0.3, 0.4) is 0 Å². The van der Waals surface area contributed by atoms with Gasteiger partial charge in [0.1, 0.15) is 11.6 Å². The highest BCUT2D eigenvalue weighted by molar-refractivity contribution is 6.31. The maximum atomic E-state index is 14.7. The van der Waals surface area contributed by atoms with E-state index in [0.717, 1.165) is 25.7 Å². The minimum Gasteiger partial charge on any atom is -0.479 e. The first-order valence-electron chi connectivity index (χ1n) is 9.15. The Morgan fingerprint density at radius 2 is 1.93 bits per heavy atom. The van der Waals surface area contributed by atoms with Gasteiger partial charge in [0.2, 0.25) is 0 Å². The minimum atomic E-state index is -1.12. The van der Waals surface area contributed by atoms with Crippen molar-refractivity contribution in [1.82, 2.24) is 5.32 Å². The number of carboxylic acid groups (broad SMARTS) is 1. The highest BCUT2D eigenvalue weighted by Gasteiger charge is 2.21. The number of amides is 1. The van der Waals surface area contributed by atoms with Gasteiger partial charge in [-0.15, -0.1) is 0 Å². The summed E-state index contributed by atoms with van der Waals surface area (Å²) in [5.74, 6) is -1.95. The largest absolute Gasteiger partial charge is 0.479 e. The summed E-state index contributed by atoms with van der Waals surface area (Å²) in [6.45, 7) is 1.40. The monoisotopic (exact) mass is 405 g/mol. The fourth-order valence-corrected chi connectivity index (χ4v) is 3.44. The molecule has 1 fully saturated rings. The molecule has 0 aliphatic heterocycles. The molecule has 1 atom stereocenters. The van der Waals surface area contributed by atoms with Crippen molar-refractivity contribution >= 4 is 23.5 Å². The summed E-state index contributed by atoms with van der Waals surface area (Å²) in [6, 6.07) is 9.00. The standard InChI is InChI=1S/C21H21ClFNO4/c1-12(21(26)27)28-19-9-7-14(22)11-17(19)13-6-8-16(18(23)10-13)20(25)24-15-4-2-3-5-15/h6-12,15H,2-5H2,1H3,(H,24,25)(H,26,27). The van der Waals surface area contributed by atoms with E-state index in [9.17, 15) is 14.0 Å². The zero-order valence-electron chi connectivity index (χ0n) is 15.4. The van der Waals surface area contributed by atoms with Crippen LogP contribution in [0.4, 0.5) is 4.39 Å². The first kappa shape index (κ1) is 20.1. The molecule has 0 aromatic heterocycles. The lowest BCUT2D eigenvalue weighted by Gasteiger charge is -2.16. The lowest BCUT2D eigenvalue weighted by molar-refractivity contribution is -0.144. The van der Waals surface area contributed by atoms with Crippen molar-refractivity contribution in [1.29, 1.82) is 0 Å². The second-order valence-electron chi connectivity index (χ2n) is 6.89. The van der Waals surface area contributed by atoms with Crippen molar-refractivity contribution < 1.29 is 23.8 Å². The normalized spacial score (nSPS) is 15.2. The summed E-state index contributed by atoms with van der Waals surface area (Å²) in [6.07, 6.45) is 2.88. The third-order valence-corrected chi connectivity index (χ3v) is 5.04. The molecule has 5 nitrogen and oxygen atoms in total. The van der Waals surface area contributed by atoms with Crippen LogP contribution in [0.2, 0.25) is 5.02 Å². The average Bonchev–Trinajstić information content (AvgIpc) is 3.15. The Kier molecular flexibility index (Phi) is 6.19. The quantitative estimate of drug-likeness (QED) is 0.732. The highest BCUT2D eigenvalue weighted by Crippen LogP contribution is 2.34. The van der Waals surface area contributed by atoms with Crippen molar-refractivity contribution in [2.75, 3.05) is 0 Å². The molecule has 0 heterocycles. The number of nitrogens with one attached hydrogen (secondary N) is 1. The number of rotatable bonds is 6. The Morgan fingerprint density at radius 3 is 2.57 bits per heavy atom. The molecule has 0 spiro atoms. The van der Waals surface area contributed by atoms with Crippen LogP contribution in [0.25, 0.3) is 11.1 Å². The molecule has 1 aliphatic carbocycles. The number of carbonyl (C=O) groups excluding carboxylic acids is 1. The zero-order chi connectivity index (χ0) is 20.3. The second kappa shape index (κ2) is 8.61. The number of aliphatic carboxylic acids is 1. The summed E-state index contributed by atoms with van der Waals surface area (Å²) in [5, 5.41) is 12.3. The van der Waals surface area contributed by atoms with Gasteiger partial charge in [0.05, 0.1) is 5.56 Å². The van der Waals surface area contributed by atoms with E-state index in [2.05, 4.69) is 5.32 Å². The van der Waals surface area contributed by atoms with Gasteiger partial charge in [-0.2, -0.15) is 0 Å². The Hall–Kier alpha value is -2.60. The van der Waals surface area contributed by atoms with Gasteiger partial charge >= 0.3 is 5.97 Å². The summed E-state index contributed by atoms with van der Waals surface area (Å²) in [7, 11) is 0. The summed E-state index contributed by atoms with van der Waals surface area (Å²) in [5.41, 5.74) is 0.853. The number of ether oxygens (including phenoxy) is 1. The van der Waals surface area contributed by atoms with E-state index in [1.54, 1.807) is 18.2 Å². The van der Waals surface area contributed by atoms with Gasteiger partial charge in [-0.3, -0.25) is 4.79 Å². The molecule has 1 amide bonds. The van der Waals surface area contributed by atoms with E-state index >= 15 is 0 Å². The first-order chi connectivity index (χ1) is 13.3. The van der Waals surface area contributed by atoms with Crippen LogP contribution in [0.15, 0.2) is 36.4 Å². The maximum absolute atomic E-state index is 14.7. The van der Waals surface area contributed by atoms with Crippen LogP contribution in [0.5, 0.6) is 5.75 Å². The van der Waals surface area contributed by atoms with Crippen LogP contribution in [0, 0.1) is 5.82 Å². The molecule has 0 saturated heterocycles. The van der Waals surface area contributed by atoms with E-state index < -0.39 is 23.8 Å². The summed E-state index contributed by atoms with van der Waals surface area (Å²) < 4.78 is 20.1. The Morgan fingerprint density at radius 1 is 1.21 bits per heavy atom. The van der Waals surface area contributed by atoms with Crippen LogP contribution in [-0.2, 0) is 4.79 Å². The number of hydrogen-bond donors (Lipinski definition) is 2. The number of benzene rings is 2. The van der Waals surface area contributed by atoms with Crippen molar-refractivity contribution in [3.05, 3.63) is 52.8 Å². The maximum Gasteiger partial charge on any atom is 0.344 e. The lowest BCUT2D eigenvalue weighted by Crippen LogP contribution is -2.33. The van der Waals surface area contributed by atoms with Crippen LogP contribution in [-0.4, -0.2) is 29.1 Å². The van der Waals surface area contributed by atoms with Crippen molar-refractivity contribution in [3.63, 3.8) is 0 Å². The Balaban J connectivity index is 1.87. The SMILES string of the molecule is CC(Oc1ccc(Cl)cc1-c1ccc(C(=O)NC2CCCC2)c(F)c1)C(=O)O. The predicted molar refractivity (Wildman–Crippen MR) is 104 cm³/mol. The number of halogens is 2. The molecular formula is C21H21ClFNO4. The fraction of sp³-hybridized carbons (Fsp3) is 0.333. The molecule has 0 radical (unpaired) electrons. The molecule has 0 bridgehead atoms. The molecule has 1 unspecified atom stereocenters. The molecule has 2 aromatic rings. The number of carboxylic acids is 1. The molecule has 7 heteroatoms. The van der Waals surface area contributed by atoms with E-state index in [0.29, 0.717) is 16.1 Å². The third-order valence-electron chi connectivity index (χ3n) is 4.81. The smallest absolute Gasteiger partial charge is 0.344 e. The van der Waals surface area contributed by atoms with E-state index in [4.69, 9.17) is 21.4 Å². The van der Waals surface area contributed by atoms with Gasteiger partial charge in [0, 0.05) is 16.6 Å². The molecule has 148 valence electrons. The highest BCUT2D eigenvalue weighted by atomic mass is 35.5. The van der Waals surface area contributed by atoms with Gasteiger partial charge in [0.25, 0.3) is 5.91 Å². The van der Waals surface area contributed by atoms with Crippen LogP contribution >= 0.6 is 11.6 Å². The van der Waals surface area contributed by atoms with Crippen LogP contribution < -0.4 is 10.1 Å². The van der Waals surface area contributed by atoms with Crippen molar-refractivity contribution in [3.8, 4) is 16.9 Å². The first-order valence-corrected chi connectivity index (χ1v) is 9.52. The van der Waals surface area contributed by atoms with Crippen molar-refractivity contribution in [2.45, 2.75) is 44.8 Å². The van der Waals surface area contributed by atoms with Gasteiger partial charge in [-0.25, -0.2) is 9.18 Å². The minimum absolute atomic E-state index is 0.0287. The second-order valence-corrected chi connectivity index (χ2v) is 7.32. The zero-order valence-corrected chi connectivity index (χ0v) is 16.1. The fourth-order valence-electron chi connectivity index (χ4n) is 3.27. The molecule has 1 saturated carbocycles. The molecule has 2 aromatic carbocycles. The average molecular weight is 406 g/mol. The van der Waals surface area contributed by atoms with Crippen molar-refractivity contribution in [2.24, 2.45) is 0 Å². The van der Waals surface area contributed by atoms with Crippen LogP contribution in [0.1, 0.15) is 43.0 Å². The molecule has 3 rings (SSSR count). The van der Waals surface area contributed by atoms with Gasteiger partial charge < -0.3 is 15.2 Å². The van der Waals surface area contributed by atoms with Gasteiger partial charge in [0.15, 0.2) is 6.10 Å². The molecular weight excluding hydrogens is 385 g/mol. The third kappa shape index (κ3) is 4.62. The molecule has 1 aliphatic rings. The Labute approximate surface area is 167 Å². The summed E-state index contributed by atoms with van der Waals surface area (Å²) >= 11 is 6.05. The number of carbonyl (C=O) groups is 2. The Bertz CT molecular complexity index is 896.